The van der Waals surface area contributed by atoms with E-state index in [2.05, 4.69) is 0 Å². The Balaban J connectivity index is 2.67. The lowest BCUT2D eigenvalue weighted by molar-refractivity contribution is 0.0605. The van der Waals surface area contributed by atoms with Gasteiger partial charge in [0.1, 0.15) is 5.41 Å². The van der Waals surface area contributed by atoms with Crippen LogP contribution in [0.4, 0.5) is 0 Å². The fourth-order valence-corrected chi connectivity index (χ4v) is 0.968. The van der Waals surface area contributed by atoms with Gasteiger partial charge in [-0.1, -0.05) is 0 Å². The van der Waals surface area contributed by atoms with Crippen molar-refractivity contribution < 1.29 is 4.74 Å². The standard InChI is InChI=1S/C7H8N2O/c8-5-7(6-9)1-3-10-4-2-7/h1-4H2. The summed E-state index contributed by atoms with van der Waals surface area (Å²) < 4.78 is 5.03. The van der Waals surface area contributed by atoms with E-state index in [4.69, 9.17) is 15.3 Å². The lowest BCUT2D eigenvalue weighted by atomic mass is 9.84. The van der Waals surface area contributed by atoms with Crippen molar-refractivity contribution >= 4 is 0 Å². The van der Waals surface area contributed by atoms with Gasteiger partial charge in [0, 0.05) is 26.1 Å². The van der Waals surface area contributed by atoms with E-state index in [0.717, 1.165) is 0 Å². The summed E-state index contributed by atoms with van der Waals surface area (Å²) in [7, 11) is 0. The van der Waals surface area contributed by atoms with Crippen molar-refractivity contribution in [1.82, 2.24) is 0 Å². The molecule has 0 aliphatic carbocycles. The predicted molar refractivity (Wildman–Crippen MR) is 33.7 cm³/mol. The summed E-state index contributed by atoms with van der Waals surface area (Å²) in [5.74, 6) is 0. The minimum absolute atomic E-state index is 0.543. The number of rotatable bonds is 0. The molecule has 1 aliphatic rings. The average Bonchev–Trinajstić information content (AvgIpc) is 2.06. The Kier molecular flexibility index (Phi) is 1.89. The quantitative estimate of drug-likeness (QED) is 0.495. The van der Waals surface area contributed by atoms with Crippen molar-refractivity contribution in [3.05, 3.63) is 0 Å². The summed E-state index contributed by atoms with van der Waals surface area (Å²) in [5, 5.41) is 17.2. The Hall–Kier alpha value is -1.06. The molecule has 0 atom stereocenters. The molecule has 1 saturated heterocycles. The molecular weight excluding hydrogens is 128 g/mol. The van der Waals surface area contributed by atoms with Crippen LogP contribution in [0.5, 0.6) is 0 Å². The van der Waals surface area contributed by atoms with Gasteiger partial charge in [0.25, 0.3) is 0 Å². The first kappa shape index (κ1) is 7.05. The Labute approximate surface area is 59.8 Å². The second-order valence-corrected chi connectivity index (χ2v) is 2.42. The zero-order valence-corrected chi connectivity index (χ0v) is 5.63. The van der Waals surface area contributed by atoms with Crippen LogP contribution in [-0.4, -0.2) is 13.2 Å². The summed E-state index contributed by atoms with van der Waals surface area (Å²) in [6.45, 7) is 1.09. The molecule has 0 amide bonds. The molecule has 0 N–H and O–H groups in total. The molecule has 10 heavy (non-hydrogen) atoms. The highest BCUT2D eigenvalue weighted by atomic mass is 16.5. The van der Waals surface area contributed by atoms with Gasteiger partial charge in [-0.3, -0.25) is 0 Å². The van der Waals surface area contributed by atoms with Crippen molar-refractivity contribution in [2.45, 2.75) is 12.8 Å². The van der Waals surface area contributed by atoms with Crippen LogP contribution < -0.4 is 0 Å². The number of hydrogen-bond donors (Lipinski definition) is 0. The Morgan fingerprint density at radius 3 is 1.90 bits per heavy atom. The molecule has 0 aromatic carbocycles. The summed E-state index contributed by atoms with van der Waals surface area (Å²) in [6.07, 6.45) is 1.11. The van der Waals surface area contributed by atoms with Crippen LogP contribution in [0, 0.1) is 28.1 Å². The Morgan fingerprint density at radius 2 is 1.60 bits per heavy atom. The highest BCUT2D eigenvalue weighted by Gasteiger charge is 2.32. The molecule has 0 aromatic rings. The van der Waals surface area contributed by atoms with Gasteiger partial charge >= 0.3 is 0 Å². The van der Waals surface area contributed by atoms with Gasteiger partial charge in [0.15, 0.2) is 0 Å². The van der Waals surface area contributed by atoms with Gasteiger partial charge in [0.05, 0.1) is 12.1 Å². The maximum Gasteiger partial charge on any atom is 0.148 e. The third-order valence-corrected chi connectivity index (χ3v) is 1.77. The third-order valence-electron chi connectivity index (χ3n) is 1.77. The summed E-state index contributed by atoms with van der Waals surface area (Å²) in [6, 6.07) is 4.05. The smallest absolute Gasteiger partial charge is 0.148 e. The highest BCUT2D eigenvalue weighted by molar-refractivity contribution is 5.14. The van der Waals surface area contributed by atoms with Crippen molar-refractivity contribution in [3.8, 4) is 12.1 Å². The minimum atomic E-state index is -0.752. The molecule has 0 aromatic heterocycles. The summed E-state index contributed by atoms with van der Waals surface area (Å²) in [4.78, 5) is 0. The Morgan fingerprint density at radius 1 is 1.10 bits per heavy atom. The number of ether oxygens (including phenoxy) is 1. The molecule has 0 spiro atoms. The van der Waals surface area contributed by atoms with Crippen LogP contribution in [0.25, 0.3) is 0 Å². The highest BCUT2D eigenvalue weighted by Crippen LogP contribution is 2.27. The Bertz CT molecular complexity index is 177. The topological polar surface area (TPSA) is 56.8 Å². The zero-order valence-electron chi connectivity index (χ0n) is 5.63. The van der Waals surface area contributed by atoms with Gasteiger partial charge in [-0.05, 0) is 0 Å². The lowest BCUT2D eigenvalue weighted by Gasteiger charge is -2.22. The van der Waals surface area contributed by atoms with Crippen LogP contribution in [-0.2, 0) is 4.74 Å². The van der Waals surface area contributed by atoms with Gasteiger partial charge in [-0.2, -0.15) is 10.5 Å². The SMILES string of the molecule is N#CC1(C#N)CCOCC1. The summed E-state index contributed by atoms with van der Waals surface area (Å²) in [5.41, 5.74) is -0.752. The van der Waals surface area contributed by atoms with E-state index in [0.29, 0.717) is 26.1 Å². The van der Waals surface area contributed by atoms with Gasteiger partial charge < -0.3 is 4.74 Å². The van der Waals surface area contributed by atoms with Crippen LogP contribution in [0.2, 0.25) is 0 Å². The largest absolute Gasteiger partial charge is 0.381 e. The first-order chi connectivity index (χ1) is 4.83. The minimum Gasteiger partial charge on any atom is -0.381 e. The lowest BCUT2D eigenvalue weighted by Crippen LogP contribution is -2.26. The molecule has 0 radical (unpaired) electrons. The zero-order chi connectivity index (χ0) is 7.45. The van der Waals surface area contributed by atoms with E-state index in [1.54, 1.807) is 0 Å². The van der Waals surface area contributed by atoms with Crippen molar-refractivity contribution in [2.75, 3.05) is 13.2 Å². The van der Waals surface area contributed by atoms with Crippen molar-refractivity contribution in [3.63, 3.8) is 0 Å². The fourth-order valence-electron chi connectivity index (χ4n) is 0.968. The second-order valence-electron chi connectivity index (χ2n) is 2.42. The number of hydrogen-bond acceptors (Lipinski definition) is 3. The van der Waals surface area contributed by atoms with E-state index in [1.807, 2.05) is 12.1 Å². The molecule has 52 valence electrons. The van der Waals surface area contributed by atoms with Crippen molar-refractivity contribution in [1.29, 1.82) is 10.5 Å². The molecule has 0 unspecified atom stereocenters. The molecule has 1 rings (SSSR count). The van der Waals surface area contributed by atoms with E-state index in [-0.39, 0.29) is 0 Å². The normalized spacial score (nSPS) is 22.6. The van der Waals surface area contributed by atoms with Gasteiger partial charge in [-0.15, -0.1) is 0 Å². The van der Waals surface area contributed by atoms with Gasteiger partial charge in [0.2, 0.25) is 0 Å². The average molecular weight is 136 g/mol. The third kappa shape index (κ3) is 1.10. The molecule has 1 fully saturated rings. The summed E-state index contributed by atoms with van der Waals surface area (Å²) >= 11 is 0. The molecule has 3 nitrogen and oxygen atoms in total. The van der Waals surface area contributed by atoms with E-state index in [1.165, 1.54) is 0 Å². The number of nitrogens with zero attached hydrogens (tertiary/aromatic N) is 2. The van der Waals surface area contributed by atoms with Crippen LogP contribution in [0.3, 0.4) is 0 Å². The van der Waals surface area contributed by atoms with E-state index in [9.17, 15) is 0 Å². The number of nitriles is 2. The molecule has 1 aliphatic heterocycles. The maximum absolute atomic E-state index is 8.61. The molecule has 0 bridgehead atoms. The maximum atomic E-state index is 8.61. The molecular formula is C7H8N2O. The predicted octanol–water partition coefficient (Wildman–Crippen LogP) is 0.830. The first-order valence-electron chi connectivity index (χ1n) is 3.23. The van der Waals surface area contributed by atoms with E-state index < -0.39 is 5.41 Å². The monoisotopic (exact) mass is 136 g/mol. The second kappa shape index (κ2) is 2.68. The molecule has 0 saturated carbocycles. The van der Waals surface area contributed by atoms with E-state index >= 15 is 0 Å². The first-order valence-corrected chi connectivity index (χ1v) is 3.23. The fraction of sp³-hybridized carbons (Fsp3) is 0.714. The molecule has 1 heterocycles. The van der Waals surface area contributed by atoms with Crippen LogP contribution in [0.1, 0.15) is 12.8 Å². The van der Waals surface area contributed by atoms with Gasteiger partial charge in [-0.25, -0.2) is 0 Å². The van der Waals surface area contributed by atoms with Crippen LogP contribution in [0.15, 0.2) is 0 Å². The van der Waals surface area contributed by atoms with Crippen molar-refractivity contribution in [2.24, 2.45) is 5.41 Å². The molecule has 3 heteroatoms. The van der Waals surface area contributed by atoms with Crippen LogP contribution >= 0.6 is 0 Å².